The highest BCUT2D eigenvalue weighted by Crippen LogP contribution is 2.21. The maximum atomic E-state index is 13.4. The Kier molecular flexibility index (Phi) is 5.56. The minimum Gasteiger partial charge on any atom is -0.494 e. The average Bonchev–Trinajstić information content (AvgIpc) is 2.78. The lowest BCUT2D eigenvalue weighted by atomic mass is 9.93. The molecule has 0 amide bonds. The van der Waals surface area contributed by atoms with Crippen LogP contribution in [0.5, 0.6) is 5.75 Å². The fraction of sp³-hybridized carbons (Fsp3) is 0.625. The van der Waals surface area contributed by atoms with Gasteiger partial charge in [0.25, 0.3) is 0 Å². The molecule has 1 aromatic carbocycles. The Bertz CT molecular complexity index is 459. The van der Waals surface area contributed by atoms with Crippen molar-refractivity contribution in [3.05, 3.63) is 29.6 Å². The normalized spacial score (nSPS) is 25.5. The van der Waals surface area contributed by atoms with E-state index in [4.69, 9.17) is 4.74 Å². The van der Waals surface area contributed by atoms with Crippen LogP contribution >= 0.6 is 0 Å². The van der Waals surface area contributed by atoms with Gasteiger partial charge in [-0.05, 0) is 57.5 Å². The van der Waals surface area contributed by atoms with E-state index >= 15 is 0 Å². The molecule has 2 unspecified atom stereocenters. The monoisotopic (exact) mass is 295 g/mol. The predicted octanol–water partition coefficient (Wildman–Crippen LogP) is 2.16. The van der Waals surface area contributed by atoms with E-state index in [2.05, 4.69) is 36.6 Å². The quantitative estimate of drug-likeness (QED) is 0.843. The molecule has 2 atom stereocenters. The van der Waals surface area contributed by atoms with E-state index in [-0.39, 0.29) is 5.82 Å². The highest BCUT2D eigenvalue weighted by Gasteiger charge is 2.29. The number of hydrogen-bond acceptors (Lipinski definition) is 4. The van der Waals surface area contributed by atoms with Crippen LogP contribution in [-0.4, -0.2) is 37.7 Å². The van der Waals surface area contributed by atoms with Crippen LogP contribution in [0.1, 0.15) is 25.8 Å². The van der Waals surface area contributed by atoms with Crippen molar-refractivity contribution in [2.24, 2.45) is 5.92 Å². The van der Waals surface area contributed by atoms with Gasteiger partial charge in [0.15, 0.2) is 11.6 Å². The molecule has 1 aromatic rings. The Morgan fingerprint density at radius 3 is 2.52 bits per heavy atom. The molecule has 1 saturated heterocycles. The second-order valence-corrected chi connectivity index (χ2v) is 6.03. The van der Waals surface area contributed by atoms with Crippen LogP contribution in [0.25, 0.3) is 0 Å². The maximum absolute atomic E-state index is 13.4. The first kappa shape index (κ1) is 16.2. The van der Waals surface area contributed by atoms with Crippen molar-refractivity contribution in [3.8, 4) is 5.75 Å². The van der Waals surface area contributed by atoms with Gasteiger partial charge in [-0.3, -0.25) is 10.9 Å². The first-order valence-electron chi connectivity index (χ1n) is 7.53. The number of benzene rings is 1. The molecule has 0 radical (unpaired) electrons. The van der Waals surface area contributed by atoms with Crippen molar-refractivity contribution < 1.29 is 9.13 Å². The van der Waals surface area contributed by atoms with E-state index in [0.717, 1.165) is 25.1 Å². The minimum atomic E-state index is -0.311. The van der Waals surface area contributed by atoms with Crippen molar-refractivity contribution in [3.63, 3.8) is 0 Å². The second-order valence-electron chi connectivity index (χ2n) is 6.03. The van der Waals surface area contributed by atoms with Gasteiger partial charge in [0.1, 0.15) is 0 Å². The largest absolute Gasteiger partial charge is 0.494 e. The van der Waals surface area contributed by atoms with E-state index in [0.29, 0.717) is 23.8 Å². The Hall–Kier alpha value is -1.17. The van der Waals surface area contributed by atoms with Gasteiger partial charge in [0, 0.05) is 18.6 Å². The average molecular weight is 295 g/mol. The summed E-state index contributed by atoms with van der Waals surface area (Å²) < 4.78 is 18.4. The first-order chi connectivity index (χ1) is 10.0. The molecule has 0 saturated carbocycles. The summed E-state index contributed by atoms with van der Waals surface area (Å²) in [4.78, 5) is 2.27. The summed E-state index contributed by atoms with van der Waals surface area (Å²) in [6, 6.07) is 6.06. The molecule has 2 N–H and O–H groups in total. The molecule has 118 valence electrons. The topological polar surface area (TPSA) is 36.5 Å². The lowest BCUT2D eigenvalue weighted by molar-refractivity contribution is 0.278. The molecular formula is C16H26FN3O. The van der Waals surface area contributed by atoms with Crippen molar-refractivity contribution in [2.45, 2.75) is 38.9 Å². The highest BCUT2D eigenvalue weighted by molar-refractivity contribution is 5.30. The maximum Gasteiger partial charge on any atom is 0.165 e. The van der Waals surface area contributed by atoms with E-state index in [1.807, 2.05) is 6.07 Å². The molecule has 5 heteroatoms. The fourth-order valence-corrected chi connectivity index (χ4v) is 2.97. The second kappa shape index (κ2) is 7.20. The first-order valence-corrected chi connectivity index (χ1v) is 7.53. The lowest BCUT2D eigenvalue weighted by Gasteiger charge is -2.22. The zero-order chi connectivity index (χ0) is 15.4. The van der Waals surface area contributed by atoms with Crippen LogP contribution in [0, 0.1) is 11.7 Å². The Balaban J connectivity index is 1.85. The molecule has 0 bridgehead atoms. The van der Waals surface area contributed by atoms with Gasteiger partial charge in [-0.1, -0.05) is 6.07 Å². The number of halogens is 1. The van der Waals surface area contributed by atoms with E-state index in [9.17, 15) is 4.39 Å². The molecule has 0 aromatic heterocycles. The zero-order valence-corrected chi connectivity index (χ0v) is 13.3. The van der Waals surface area contributed by atoms with Crippen molar-refractivity contribution in [1.29, 1.82) is 0 Å². The summed E-state index contributed by atoms with van der Waals surface area (Å²) in [6.07, 6.45) is 1.14. The molecule has 4 nitrogen and oxygen atoms in total. The number of nitrogens with zero attached hydrogens (tertiary/aromatic N) is 1. The molecule has 21 heavy (non-hydrogen) atoms. The van der Waals surface area contributed by atoms with Crippen LogP contribution in [0.2, 0.25) is 0 Å². The summed E-state index contributed by atoms with van der Waals surface area (Å²) >= 11 is 0. The van der Waals surface area contributed by atoms with Gasteiger partial charge in [-0.2, -0.15) is 0 Å². The van der Waals surface area contributed by atoms with Crippen molar-refractivity contribution in [1.82, 2.24) is 15.8 Å². The number of methoxy groups -OCH3 is 1. The molecule has 1 heterocycles. The lowest BCUT2D eigenvalue weighted by Crippen LogP contribution is -2.30. The van der Waals surface area contributed by atoms with Crippen molar-refractivity contribution in [2.75, 3.05) is 20.7 Å². The third kappa shape index (κ3) is 4.15. The SMILES string of the molecule is COc1cc(CN(C)CCC2C(C)NNC2C)ccc1F. The van der Waals surface area contributed by atoms with Crippen molar-refractivity contribution >= 4 is 0 Å². The van der Waals surface area contributed by atoms with E-state index in [1.54, 1.807) is 6.07 Å². The van der Waals surface area contributed by atoms with Gasteiger partial charge in [0.05, 0.1) is 7.11 Å². The number of nitrogens with one attached hydrogen (secondary N) is 2. The fourth-order valence-electron chi connectivity index (χ4n) is 2.97. The number of hydrogen-bond donors (Lipinski definition) is 2. The van der Waals surface area contributed by atoms with Crippen LogP contribution in [0.3, 0.4) is 0 Å². The number of ether oxygens (including phenoxy) is 1. The summed E-state index contributed by atoms with van der Waals surface area (Å²) in [5, 5.41) is 0. The third-order valence-electron chi connectivity index (χ3n) is 4.34. The van der Waals surface area contributed by atoms with Gasteiger partial charge >= 0.3 is 0 Å². The molecule has 0 spiro atoms. The Labute approximate surface area is 126 Å². The molecule has 2 rings (SSSR count). The van der Waals surface area contributed by atoms with Gasteiger partial charge < -0.3 is 9.64 Å². The van der Waals surface area contributed by atoms with Crippen LogP contribution in [-0.2, 0) is 6.54 Å². The molecule has 1 aliphatic rings. The summed E-state index contributed by atoms with van der Waals surface area (Å²) in [5.74, 6) is 0.636. The van der Waals surface area contributed by atoms with Crippen LogP contribution in [0.15, 0.2) is 18.2 Å². The number of hydrazine groups is 1. The zero-order valence-electron chi connectivity index (χ0n) is 13.3. The molecule has 1 aliphatic heterocycles. The third-order valence-corrected chi connectivity index (χ3v) is 4.34. The van der Waals surface area contributed by atoms with E-state index in [1.165, 1.54) is 13.2 Å². The van der Waals surface area contributed by atoms with Crippen LogP contribution in [0.4, 0.5) is 4.39 Å². The minimum absolute atomic E-state index is 0.311. The molecule has 0 aliphatic carbocycles. The summed E-state index contributed by atoms with van der Waals surface area (Å²) in [7, 11) is 3.59. The number of rotatable bonds is 6. The Morgan fingerprint density at radius 2 is 1.90 bits per heavy atom. The summed E-state index contributed by atoms with van der Waals surface area (Å²) in [5.41, 5.74) is 7.64. The van der Waals surface area contributed by atoms with Gasteiger partial charge in [-0.25, -0.2) is 4.39 Å². The van der Waals surface area contributed by atoms with E-state index < -0.39 is 0 Å². The van der Waals surface area contributed by atoms with Crippen LogP contribution < -0.4 is 15.6 Å². The van der Waals surface area contributed by atoms with Gasteiger partial charge in [0.2, 0.25) is 0 Å². The van der Waals surface area contributed by atoms with Gasteiger partial charge in [-0.15, -0.1) is 0 Å². The smallest absolute Gasteiger partial charge is 0.165 e. The predicted molar refractivity (Wildman–Crippen MR) is 82.6 cm³/mol. The summed E-state index contributed by atoms with van der Waals surface area (Å²) in [6.45, 7) is 6.24. The highest BCUT2D eigenvalue weighted by atomic mass is 19.1. The molecular weight excluding hydrogens is 269 g/mol. The molecule has 1 fully saturated rings. The Morgan fingerprint density at radius 1 is 1.24 bits per heavy atom. The standard InChI is InChI=1S/C16H26FN3O/c1-11-14(12(2)19-18-11)7-8-20(3)10-13-5-6-15(17)16(9-13)21-4/h5-6,9,11-12,14,18-19H,7-8,10H2,1-4H3.